The number of fused-ring (bicyclic) bond motifs is 3. The van der Waals surface area contributed by atoms with Crippen LogP contribution in [0.15, 0.2) is 18.2 Å². The lowest BCUT2D eigenvalue weighted by Crippen LogP contribution is -2.09. The molecule has 0 atom stereocenters. The van der Waals surface area contributed by atoms with Crippen LogP contribution in [0.4, 0.5) is 0 Å². The van der Waals surface area contributed by atoms with E-state index in [0.717, 1.165) is 28.1 Å². The third-order valence-corrected chi connectivity index (χ3v) is 3.35. The first-order chi connectivity index (χ1) is 9.70. The number of aryl methyl sites for hydroxylation is 1. The average Bonchev–Trinajstić information content (AvgIpc) is 2.77. The van der Waals surface area contributed by atoms with E-state index in [0.29, 0.717) is 25.3 Å². The minimum atomic E-state index is -0.364. The van der Waals surface area contributed by atoms with Gasteiger partial charge in [0.05, 0.1) is 18.9 Å². The van der Waals surface area contributed by atoms with Gasteiger partial charge in [-0.1, -0.05) is 11.6 Å². The minimum Gasteiger partial charge on any atom is -0.493 e. The Labute approximate surface area is 116 Å². The maximum atomic E-state index is 11.9. The lowest BCUT2D eigenvalue weighted by molar-refractivity contribution is 0.0518. The van der Waals surface area contributed by atoms with Crippen molar-refractivity contribution in [3.8, 4) is 17.0 Å². The molecule has 5 nitrogen and oxygen atoms in total. The lowest BCUT2D eigenvalue weighted by Gasteiger charge is -2.06. The molecule has 0 bridgehead atoms. The number of H-pyrrole nitrogens is 1. The molecule has 0 unspecified atom stereocenters. The van der Waals surface area contributed by atoms with Gasteiger partial charge in [0, 0.05) is 17.5 Å². The van der Waals surface area contributed by atoms with Crippen molar-refractivity contribution >= 4 is 5.97 Å². The van der Waals surface area contributed by atoms with Gasteiger partial charge in [-0.25, -0.2) is 4.79 Å². The first-order valence-electron chi connectivity index (χ1n) is 6.69. The Hall–Kier alpha value is -2.30. The summed E-state index contributed by atoms with van der Waals surface area (Å²) < 4.78 is 10.8. The van der Waals surface area contributed by atoms with Crippen LogP contribution in [0.5, 0.6) is 5.75 Å². The molecule has 0 saturated heterocycles. The summed E-state index contributed by atoms with van der Waals surface area (Å²) in [5, 5.41) is 7.11. The van der Waals surface area contributed by atoms with Crippen LogP contribution in [-0.2, 0) is 11.2 Å². The van der Waals surface area contributed by atoms with Crippen LogP contribution in [0.25, 0.3) is 11.3 Å². The molecule has 0 amide bonds. The number of carbonyl (C=O) groups excluding carboxylic acids is 1. The van der Waals surface area contributed by atoms with Crippen LogP contribution in [0, 0.1) is 6.92 Å². The topological polar surface area (TPSA) is 64.2 Å². The van der Waals surface area contributed by atoms with Crippen LogP contribution in [0.1, 0.15) is 28.5 Å². The van der Waals surface area contributed by atoms with E-state index in [9.17, 15) is 4.79 Å². The number of rotatable bonds is 2. The molecular weight excluding hydrogens is 256 g/mol. The van der Waals surface area contributed by atoms with E-state index in [1.165, 1.54) is 0 Å². The lowest BCUT2D eigenvalue weighted by atomic mass is 10.0. The van der Waals surface area contributed by atoms with Crippen LogP contribution in [-0.4, -0.2) is 29.4 Å². The molecule has 20 heavy (non-hydrogen) atoms. The highest BCUT2D eigenvalue weighted by Gasteiger charge is 2.25. The van der Waals surface area contributed by atoms with Gasteiger partial charge >= 0.3 is 5.97 Å². The van der Waals surface area contributed by atoms with Gasteiger partial charge in [-0.15, -0.1) is 0 Å². The Morgan fingerprint density at radius 2 is 2.35 bits per heavy atom. The summed E-state index contributed by atoms with van der Waals surface area (Å²) in [6.45, 7) is 4.67. The smallest absolute Gasteiger partial charge is 0.356 e. The number of hydrogen-bond acceptors (Lipinski definition) is 4. The zero-order chi connectivity index (χ0) is 14.1. The maximum Gasteiger partial charge on any atom is 0.356 e. The minimum absolute atomic E-state index is 0.346. The average molecular weight is 272 g/mol. The molecular formula is C15H16N2O3. The zero-order valence-corrected chi connectivity index (χ0v) is 11.5. The normalized spacial score (nSPS) is 12.9. The number of nitrogens with zero attached hydrogens (tertiary/aromatic N) is 1. The summed E-state index contributed by atoms with van der Waals surface area (Å²) >= 11 is 0. The SMILES string of the molecule is CCOC(=O)c1[nH]nc2c1CCOc1ccc(C)cc1-2. The fourth-order valence-corrected chi connectivity index (χ4v) is 2.42. The second-order valence-electron chi connectivity index (χ2n) is 4.74. The highest BCUT2D eigenvalue weighted by molar-refractivity contribution is 5.91. The summed E-state index contributed by atoms with van der Waals surface area (Å²) in [5.41, 5.74) is 4.13. The molecule has 1 aliphatic rings. The largest absolute Gasteiger partial charge is 0.493 e. The van der Waals surface area contributed by atoms with E-state index < -0.39 is 0 Å². The number of ether oxygens (including phenoxy) is 2. The number of benzene rings is 1. The number of carbonyl (C=O) groups is 1. The Balaban J connectivity index is 2.12. The second kappa shape index (κ2) is 5.00. The third-order valence-electron chi connectivity index (χ3n) is 3.35. The van der Waals surface area contributed by atoms with Crippen molar-refractivity contribution in [2.24, 2.45) is 0 Å². The van der Waals surface area contributed by atoms with Gasteiger partial charge in [-0.05, 0) is 26.0 Å². The monoisotopic (exact) mass is 272 g/mol. The van der Waals surface area contributed by atoms with Crippen molar-refractivity contribution in [2.45, 2.75) is 20.3 Å². The number of nitrogens with one attached hydrogen (secondary N) is 1. The fraction of sp³-hybridized carbons (Fsp3) is 0.333. The summed E-state index contributed by atoms with van der Waals surface area (Å²) in [5.74, 6) is 0.439. The summed E-state index contributed by atoms with van der Waals surface area (Å²) in [4.78, 5) is 11.9. The Kier molecular flexibility index (Phi) is 3.18. The van der Waals surface area contributed by atoms with Crippen LogP contribution >= 0.6 is 0 Å². The first-order valence-corrected chi connectivity index (χ1v) is 6.69. The molecule has 1 aromatic carbocycles. The standard InChI is InChI=1S/C15H16N2O3/c1-3-19-15(18)14-10-6-7-20-12-5-4-9(2)8-11(12)13(10)16-17-14/h4-5,8H,3,6-7H2,1-2H3,(H,16,17). The van der Waals surface area contributed by atoms with Gasteiger partial charge in [0.15, 0.2) is 0 Å². The molecule has 104 valence electrons. The van der Waals surface area contributed by atoms with Crippen molar-refractivity contribution in [1.29, 1.82) is 0 Å². The predicted molar refractivity (Wildman–Crippen MR) is 73.9 cm³/mol. The number of esters is 1. The van der Waals surface area contributed by atoms with Crippen molar-refractivity contribution in [3.05, 3.63) is 35.0 Å². The van der Waals surface area contributed by atoms with Gasteiger partial charge in [0.1, 0.15) is 11.4 Å². The molecule has 2 aromatic rings. The third kappa shape index (κ3) is 2.05. The summed E-state index contributed by atoms with van der Waals surface area (Å²) in [7, 11) is 0. The Morgan fingerprint density at radius 3 is 3.15 bits per heavy atom. The molecule has 0 aliphatic carbocycles. The van der Waals surface area contributed by atoms with E-state index in [-0.39, 0.29) is 5.97 Å². The van der Waals surface area contributed by atoms with Crippen LogP contribution < -0.4 is 4.74 Å². The first kappa shape index (κ1) is 12.7. The maximum absolute atomic E-state index is 11.9. The number of aromatic nitrogens is 2. The zero-order valence-electron chi connectivity index (χ0n) is 11.5. The van der Waals surface area contributed by atoms with Crippen molar-refractivity contribution in [1.82, 2.24) is 10.2 Å². The van der Waals surface area contributed by atoms with Crippen molar-refractivity contribution in [3.63, 3.8) is 0 Å². The quantitative estimate of drug-likeness (QED) is 0.853. The summed E-state index contributed by atoms with van der Waals surface area (Å²) in [6, 6.07) is 5.97. The Morgan fingerprint density at radius 1 is 1.50 bits per heavy atom. The van der Waals surface area contributed by atoms with Gasteiger partial charge in [-0.2, -0.15) is 5.10 Å². The fourth-order valence-electron chi connectivity index (χ4n) is 2.42. The van der Waals surface area contributed by atoms with E-state index in [1.54, 1.807) is 6.92 Å². The van der Waals surface area contributed by atoms with Gasteiger partial charge in [-0.3, -0.25) is 5.10 Å². The highest BCUT2D eigenvalue weighted by Crippen LogP contribution is 2.35. The van der Waals surface area contributed by atoms with Crippen LogP contribution in [0.2, 0.25) is 0 Å². The number of hydrogen-bond donors (Lipinski definition) is 1. The van der Waals surface area contributed by atoms with E-state index in [4.69, 9.17) is 9.47 Å². The van der Waals surface area contributed by atoms with Crippen molar-refractivity contribution < 1.29 is 14.3 Å². The molecule has 0 spiro atoms. The Bertz CT molecular complexity index is 661. The van der Waals surface area contributed by atoms with Gasteiger partial charge in [0.25, 0.3) is 0 Å². The molecule has 0 fully saturated rings. The molecule has 1 aromatic heterocycles. The van der Waals surface area contributed by atoms with Gasteiger partial charge < -0.3 is 9.47 Å². The molecule has 1 aliphatic heterocycles. The molecule has 5 heteroatoms. The highest BCUT2D eigenvalue weighted by atomic mass is 16.5. The molecule has 3 rings (SSSR count). The molecule has 2 heterocycles. The molecule has 0 radical (unpaired) electrons. The van der Waals surface area contributed by atoms with E-state index in [1.807, 2.05) is 25.1 Å². The molecule has 1 N–H and O–H groups in total. The molecule has 0 saturated carbocycles. The second-order valence-corrected chi connectivity index (χ2v) is 4.74. The van der Waals surface area contributed by atoms with Crippen molar-refractivity contribution in [2.75, 3.05) is 13.2 Å². The van der Waals surface area contributed by atoms with E-state index in [2.05, 4.69) is 10.2 Å². The number of aromatic amines is 1. The summed E-state index contributed by atoms with van der Waals surface area (Å²) in [6.07, 6.45) is 0.633. The van der Waals surface area contributed by atoms with Crippen LogP contribution in [0.3, 0.4) is 0 Å². The predicted octanol–water partition coefficient (Wildman–Crippen LogP) is 2.50. The van der Waals surface area contributed by atoms with E-state index >= 15 is 0 Å². The van der Waals surface area contributed by atoms with Gasteiger partial charge in [0.2, 0.25) is 0 Å².